The summed E-state index contributed by atoms with van der Waals surface area (Å²) >= 11 is 0. The van der Waals surface area contributed by atoms with Crippen LogP contribution in [-0.2, 0) is 9.59 Å². The number of rotatable bonds is 5. The highest BCUT2D eigenvalue weighted by Crippen LogP contribution is 2.20. The molecule has 1 heterocycles. The molecular formula is C13H23N3O4. The zero-order chi connectivity index (χ0) is 15.1. The third-order valence-corrected chi connectivity index (χ3v) is 3.33. The highest BCUT2D eigenvalue weighted by molar-refractivity contribution is 5.83. The molecule has 2 N–H and O–H groups in total. The van der Waals surface area contributed by atoms with Crippen molar-refractivity contribution in [1.82, 2.24) is 15.1 Å². The second-order valence-electron chi connectivity index (χ2n) is 5.14. The number of carboxylic acids is 1. The highest BCUT2D eigenvalue weighted by Gasteiger charge is 2.27. The molecule has 0 aromatic heterocycles. The van der Waals surface area contributed by atoms with Crippen molar-refractivity contribution in [2.45, 2.75) is 26.2 Å². The predicted molar refractivity (Wildman–Crippen MR) is 73.3 cm³/mol. The Morgan fingerprint density at radius 2 is 2.10 bits per heavy atom. The Labute approximate surface area is 118 Å². The zero-order valence-corrected chi connectivity index (χ0v) is 12.1. The van der Waals surface area contributed by atoms with Gasteiger partial charge in [-0.05, 0) is 25.7 Å². The maximum absolute atomic E-state index is 12.2. The third kappa shape index (κ3) is 5.07. The van der Waals surface area contributed by atoms with Gasteiger partial charge in [-0.1, -0.05) is 0 Å². The normalized spacial score (nSPS) is 18.5. The molecule has 7 heteroatoms. The molecule has 3 amide bonds. The van der Waals surface area contributed by atoms with E-state index in [0.29, 0.717) is 19.6 Å². The first-order valence-corrected chi connectivity index (χ1v) is 6.92. The number of hydrogen-bond acceptors (Lipinski definition) is 3. The highest BCUT2D eigenvalue weighted by atomic mass is 16.4. The lowest BCUT2D eigenvalue weighted by atomic mass is 9.95. The Morgan fingerprint density at radius 1 is 1.40 bits per heavy atom. The lowest BCUT2D eigenvalue weighted by Crippen LogP contribution is -2.49. The van der Waals surface area contributed by atoms with Gasteiger partial charge in [0.2, 0.25) is 5.91 Å². The molecule has 0 aliphatic carbocycles. The smallest absolute Gasteiger partial charge is 0.320 e. The summed E-state index contributed by atoms with van der Waals surface area (Å²) in [6, 6.07) is -0.216. The van der Waals surface area contributed by atoms with Crippen LogP contribution in [0, 0.1) is 5.92 Å². The van der Waals surface area contributed by atoms with Gasteiger partial charge in [-0.25, -0.2) is 4.79 Å². The summed E-state index contributed by atoms with van der Waals surface area (Å²) in [5.74, 6) is -1.02. The van der Waals surface area contributed by atoms with Crippen molar-refractivity contribution in [2.75, 3.05) is 33.2 Å². The number of amides is 3. The second kappa shape index (κ2) is 7.72. The average Bonchev–Trinajstić information content (AvgIpc) is 2.37. The number of nitrogens with zero attached hydrogens (tertiary/aromatic N) is 2. The molecule has 0 aromatic rings. The number of likely N-dealkylation sites (N-methyl/N-ethyl adjacent to an activating group) is 2. The van der Waals surface area contributed by atoms with Gasteiger partial charge in [0, 0.05) is 33.1 Å². The Balaban J connectivity index is 2.49. The number of nitrogens with one attached hydrogen (secondary N) is 1. The summed E-state index contributed by atoms with van der Waals surface area (Å²) in [5.41, 5.74) is 0. The number of carboxylic acid groups (broad SMARTS) is 1. The van der Waals surface area contributed by atoms with E-state index in [1.165, 1.54) is 4.90 Å². The van der Waals surface area contributed by atoms with E-state index in [0.717, 1.165) is 12.8 Å². The summed E-state index contributed by atoms with van der Waals surface area (Å²) in [7, 11) is 1.58. The first-order chi connectivity index (χ1) is 9.43. The van der Waals surface area contributed by atoms with Gasteiger partial charge in [0.1, 0.15) is 6.54 Å². The molecule has 0 aromatic carbocycles. The largest absolute Gasteiger partial charge is 0.481 e. The maximum atomic E-state index is 12.2. The van der Waals surface area contributed by atoms with Crippen molar-refractivity contribution in [3.8, 4) is 0 Å². The van der Waals surface area contributed by atoms with E-state index in [1.807, 2.05) is 6.92 Å². The molecule has 0 bridgehead atoms. The summed E-state index contributed by atoms with van der Waals surface area (Å²) in [4.78, 5) is 37.4. The van der Waals surface area contributed by atoms with Crippen LogP contribution >= 0.6 is 0 Å². The Kier molecular flexibility index (Phi) is 6.27. The standard InChI is InChI=1S/C13H23N3O4/c1-3-14-11(17)9-15(2)13(20)16-6-4-5-10(8-16)7-12(18)19/h10H,3-9H2,1-2H3,(H,14,17)(H,18,19). The number of urea groups is 1. The van der Waals surface area contributed by atoms with E-state index >= 15 is 0 Å². The minimum atomic E-state index is -0.833. The van der Waals surface area contributed by atoms with Gasteiger partial charge < -0.3 is 20.2 Å². The zero-order valence-electron chi connectivity index (χ0n) is 12.1. The van der Waals surface area contributed by atoms with Crippen LogP contribution in [0.4, 0.5) is 4.79 Å². The van der Waals surface area contributed by atoms with Crippen LogP contribution in [0.1, 0.15) is 26.2 Å². The van der Waals surface area contributed by atoms with Crippen LogP contribution in [-0.4, -0.2) is 66.0 Å². The fourth-order valence-corrected chi connectivity index (χ4v) is 2.43. The first-order valence-electron chi connectivity index (χ1n) is 6.92. The number of carbonyl (C=O) groups is 3. The fourth-order valence-electron chi connectivity index (χ4n) is 2.43. The minimum absolute atomic E-state index is 0.00284. The molecule has 1 rings (SSSR count). The van der Waals surface area contributed by atoms with Crippen molar-refractivity contribution < 1.29 is 19.5 Å². The van der Waals surface area contributed by atoms with Gasteiger partial charge in [0.25, 0.3) is 0 Å². The summed E-state index contributed by atoms with van der Waals surface area (Å²) < 4.78 is 0. The molecule has 1 aliphatic heterocycles. The summed E-state index contributed by atoms with van der Waals surface area (Å²) in [5, 5.41) is 11.5. The van der Waals surface area contributed by atoms with Gasteiger partial charge in [0.15, 0.2) is 0 Å². The summed E-state index contributed by atoms with van der Waals surface area (Å²) in [6.45, 7) is 3.44. The second-order valence-corrected chi connectivity index (χ2v) is 5.14. The first kappa shape index (κ1) is 16.3. The molecule has 7 nitrogen and oxygen atoms in total. The van der Waals surface area contributed by atoms with E-state index in [2.05, 4.69) is 5.32 Å². The van der Waals surface area contributed by atoms with Gasteiger partial charge in [0.05, 0.1) is 0 Å². The monoisotopic (exact) mass is 285 g/mol. The van der Waals surface area contributed by atoms with Gasteiger partial charge in [-0.15, -0.1) is 0 Å². The minimum Gasteiger partial charge on any atom is -0.481 e. The number of likely N-dealkylation sites (tertiary alicyclic amines) is 1. The van der Waals surface area contributed by atoms with Crippen LogP contribution in [0.15, 0.2) is 0 Å². The van der Waals surface area contributed by atoms with Crippen LogP contribution in [0.25, 0.3) is 0 Å². The van der Waals surface area contributed by atoms with Crippen LogP contribution < -0.4 is 5.32 Å². The number of piperidine rings is 1. The van der Waals surface area contributed by atoms with Crippen LogP contribution in [0.5, 0.6) is 0 Å². The van der Waals surface area contributed by atoms with E-state index in [9.17, 15) is 14.4 Å². The molecule has 0 radical (unpaired) electrons. The predicted octanol–water partition coefficient (Wildman–Crippen LogP) is 0.361. The maximum Gasteiger partial charge on any atom is 0.320 e. The quantitative estimate of drug-likeness (QED) is 0.763. The number of carbonyl (C=O) groups excluding carboxylic acids is 2. The van der Waals surface area contributed by atoms with E-state index in [4.69, 9.17) is 5.11 Å². The molecule has 1 saturated heterocycles. The fraction of sp³-hybridized carbons (Fsp3) is 0.769. The molecule has 1 fully saturated rings. The molecule has 1 unspecified atom stereocenters. The van der Waals surface area contributed by atoms with Crippen molar-refractivity contribution >= 4 is 17.9 Å². The van der Waals surface area contributed by atoms with Gasteiger partial charge in [-0.3, -0.25) is 9.59 Å². The molecule has 114 valence electrons. The number of hydrogen-bond donors (Lipinski definition) is 2. The Bertz CT molecular complexity index is 373. The van der Waals surface area contributed by atoms with Crippen molar-refractivity contribution in [3.63, 3.8) is 0 Å². The van der Waals surface area contributed by atoms with Gasteiger partial charge >= 0.3 is 12.0 Å². The molecule has 0 saturated carbocycles. The van der Waals surface area contributed by atoms with Crippen molar-refractivity contribution in [2.24, 2.45) is 5.92 Å². The molecular weight excluding hydrogens is 262 g/mol. The number of aliphatic carboxylic acids is 1. The average molecular weight is 285 g/mol. The van der Waals surface area contributed by atoms with E-state index in [1.54, 1.807) is 11.9 Å². The van der Waals surface area contributed by atoms with Gasteiger partial charge in [-0.2, -0.15) is 0 Å². The lowest BCUT2D eigenvalue weighted by Gasteiger charge is -2.34. The Morgan fingerprint density at radius 3 is 2.70 bits per heavy atom. The Hall–Kier alpha value is -1.79. The summed E-state index contributed by atoms with van der Waals surface area (Å²) in [6.07, 6.45) is 1.72. The lowest BCUT2D eigenvalue weighted by molar-refractivity contribution is -0.138. The van der Waals surface area contributed by atoms with Crippen LogP contribution in [0.3, 0.4) is 0 Å². The SMILES string of the molecule is CCNC(=O)CN(C)C(=O)N1CCCC(CC(=O)O)C1. The third-order valence-electron chi connectivity index (χ3n) is 3.33. The molecule has 20 heavy (non-hydrogen) atoms. The molecule has 1 aliphatic rings. The van der Waals surface area contributed by atoms with Crippen molar-refractivity contribution in [3.05, 3.63) is 0 Å². The van der Waals surface area contributed by atoms with E-state index < -0.39 is 5.97 Å². The van der Waals surface area contributed by atoms with Crippen molar-refractivity contribution in [1.29, 1.82) is 0 Å². The van der Waals surface area contributed by atoms with E-state index in [-0.39, 0.29) is 30.8 Å². The molecule has 0 spiro atoms. The topological polar surface area (TPSA) is 90.0 Å². The van der Waals surface area contributed by atoms with Crippen LogP contribution in [0.2, 0.25) is 0 Å². The molecule has 1 atom stereocenters.